The van der Waals surface area contributed by atoms with Crippen molar-refractivity contribution in [3.8, 4) is 5.75 Å². The summed E-state index contributed by atoms with van der Waals surface area (Å²) in [6.07, 6.45) is 3.42. The molecule has 0 saturated carbocycles. The molecule has 0 bridgehead atoms. The van der Waals surface area contributed by atoms with Gasteiger partial charge in [0.25, 0.3) is 0 Å². The minimum atomic E-state index is 0.179. The molecule has 0 aliphatic carbocycles. The second kappa shape index (κ2) is 8.08. The van der Waals surface area contributed by atoms with Gasteiger partial charge in [-0.3, -0.25) is 0 Å². The van der Waals surface area contributed by atoms with Gasteiger partial charge < -0.3 is 14.8 Å². The van der Waals surface area contributed by atoms with E-state index in [9.17, 15) is 0 Å². The van der Waals surface area contributed by atoms with E-state index in [2.05, 4.69) is 12.2 Å². The molecule has 112 valence electrons. The third-order valence-electron chi connectivity index (χ3n) is 3.27. The van der Waals surface area contributed by atoms with E-state index in [1.165, 1.54) is 0 Å². The zero-order valence-corrected chi connectivity index (χ0v) is 13.3. The van der Waals surface area contributed by atoms with Crippen LogP contribution in [0.15, 0.2) is 12.1 Å². The van der Waals surface area contributed by atoms with Gasteiger partial charge in [-0.25, -0.2) is 0 Å². The average molecular weight is 318 g/mol. The first-order valence-electron chi connectivity index (χ1n) is 7.13. The predicted octanol–water partition coefficient (Wildman–Crippen LogP) is 4.05. The van der Waals surface area contributed by atoms with Crippen LogP contribution in [0.3, 0.4) is 0 Å². The first kappa shape index (κ1) is 15.9. The summed E-state index contributed by atoms with van der Waals surface area (Å²) in [4.78, 5) is 0. The fourth-order valence-electron chi connectivity index (χ4n) is 2.26. The summed E-state index contributed by atoms with van der Waals surface area (Å²) in [7, 11) is 0. The van der Waals surface area contributed by atoms with Gasteiger partial charge in [0.1, 0.15) is 12.4 Å². The van der Waals surface area contributed by atoms with Crippen molar-refractivity contribution in [2.45, 2.75) is 38.8 Å². The van der Waals surface area contributed by atoms with Crippen LogP contribution in [-0.4, -0.2) is 25.9 Å². The summed E-state index contributed by atoms with van der Waals surface area (Å²) in [5, 5.41) is 4.54. The van der Waals surface area contributed by atoms with Crippen LogP contribution < -0.4 is 10.1 Å². The Balaban J connectivity index is 2.03. The first-order chi connectivity index (χ1) is 9.70. The molecule has 0 spiro atoms. The molecule has 1 N–H and O–H groups in total. The number of hydrogen-bond donors (Lipinski definition) is 1. The number of halogens is 2. The number of hydrogen-bond acceptors (Lipinski definition) is 3. The van der Waals surface area contributed by atoms with Crippen molar-refractivity contribution >= 4 is 23.2 Å². The van der Waals surface area contributed by atoms with Crippen LogP contribution >= 0.6 is 23.2 Å². The monoisotopic (exact) mass is 317 g/mol. The topological polar surface area (TPSA) is 30.5 Å². The number of rotatable bonds is 7. The molecule has 5 heteroatoms. The Kier molecular flexibility index (Phi) is 6.43. The predicted molar refractivity (Wildman–Crippen MR) is 82.9 cm³/mol. The van der Waals surface area contributed by atoms with E-state index in [1.54, 1.807) is 6.07 Å². The van der Waals surface area contributed by atoms with Crippen LogP contribution in [0.1, 0.15) is 31.7 Å². The summed E-state index contributed by atoms with van der Waals surface area (Å²) in [6.45, 7) is 5.16. The van der Waals surface area contributed by atoms with Crippen LogP contribution in [0.2, 0.25) is 10.0 Å². The standard InChI is InChI=1S/C15H21Cl2NO2/c1-2-5-18-9-11-7-12(16)8-14(17)15(11)20-10-13-4-3-6-19-13/h7-8,13,18H,2-6,9-10H2,1H3. The second-order valence-corrected chi connectivity index (χ2v) is 5.84. The highest BCUT2D eigenvalue weighted by atomic mass is 35.5. The number of benzene rings is 1. The quantitative estimate of drug-likeness (QED) is 0.769. The molecule has 1 aliphatic rings. The molecular formula is C15H21Cl2NO2. The molecule has 2 rings (SSSR count). The van der Waals surface area contributed by atoms with Crippen LogP contribution in [0.5, 0.6) is 5.75 Å². The van der Waals surface area contributed by atoms with Crippen molar-refractivity contribution in [2.75, 3.05) is 19.8 Å². The molecular weight excluding hydrogens is 297 g/mol. The largest absolute Gasteiger partial charge is 0.489 e. The summed E-state index contributed by atoms with van der Waals surface area (Å²) >= 11 is 12.3. The van der Waals surface area contributed by atoms with E-state index in [0.29, 0.717) is 23.2 Å². The van der Waals surface area contributed by atoms with E-state index in [1.807, 2.05) is 6.07 Å². The van der Waals surface area contributed by atoms with Crippen molar-refractivity contribution in [3.05, 3.63) is 27.7 Å². The lowest BCUT2D eigenvalue weighted by Gasteiger charge is -2.16. The maximum absolute atomic E-state index is 6.25. The van der Waals surface area contributed by atoms with Gasteiger partial charge in [-0.2, -0.15) is 0 Å². The molecule has 0 radical (unpaired) electrons. The Hall–Kier alpha value is -0.480. The molecule has 1 aromatic carbocycles. The van der Waals surface area contributed by atoms with E-state index < -0.39 is 0 Å². The Morgan fingerprint density at radius 1 is 1.40 bits per heavy atom. The minimum Gasteiger partial charge on any atom is -0.489 e. The number of nitrogens with one attached hydrogen (secondary N) is 1. The van der Waals surface area contributed by atoms with Gasteiger partial charge >= 0.3 is 0 Å². The Morgan fingerprint density at radius 3 is 2.95 bits per heavy atom. The summed E-state index contributed by atoms with van der Waals surface area (Å²) in [5.41, 5.74) is 0.994. The zero-order valence-electron chi connectivity index (χ0n) is 11.8. The third-order valence-corrected chi connectivity index (χ3v) is 3.76. The maximum Gasteiger partial charge on any atom is 0.142 e. The second-order valence-electron chi connectivity index (χ2n) is 5.00. The molecule has 1 aliphatic heterocycles. The molecule has 1 heterocycles. The maximum atomic E-state index is 6.25. The molecule has 1 aromatic rings. The smallest absolute Gasteiger partial charge is 0.142 e. The van der Waals surface area contributed by atoms with Gasteiger partial charge in [-0.1, -0.05) is 30.1 Å². The lowest BCUT2D eigenvalue weighted by molar-refractivity contribution is 0.0676. The van der Waals surface area contributed by atoms with E-state index in [4.69, 9.17) is 32.7 Å². The normalized spacial score (nSPS) is 18.4. The van der Waals surface area contributed by atoms with Crippen LogP contribution in [0.25, 0.3) is 0 Å². The van der Waals surface area contributed by atoms with Gasteiger partial charge in [-0.05, 0) is 37.9 Å². The van der Waals surface area contributed by atoms with Gasteiger partial charge in [0.05, 0.1) is 11.1 Å². The molecule has 0 amide bonds. The molecule has 1 unspecified atom stereocenters. The van der Waals surface area contributed by atoms with Crippen LogP contribution in [0.4, 0.5) is 0 Å². The molecule has 1 saturated heterocycles. The number of ether oxygens (including phenoxy) is 2. The summed E-state index contributed by atoms with van der Waals surface area (Å²) in [6, 6.07) is 3.62. The highest BCUT2D eigenvalue weighted by Crippen LogP contribution is 2.33. The van der Waals surface area contributed by atoms with Gasteiger partial charge in [-0.15, -0.1) is 0 Å². The SMILES string of the molecule is CCCNCc1cc(Cl)cc(Cl)c1OCC1CCCO1. The zero-order chi connectivity index (χ0) is 14.4. The van der Waals surface area contributed by atoms with E-state index >= 15 is 0 Å². The van der Waals surface area contributed by atoms with Crippen molar-refractivity contribution in [1.29, 1.82) is 0 Å². The molecule has 0 aromatic heterocycles. The highest BCUT2D eigenvalue weighted by molar-refractivity contribution is 6.35. The first-order valence-corrected chi connectivity index (χ1v) is 7.89. The third kappa shape index (κ3) is 4.52. The van der Waals surface area contributed by atoms with Crippen molar-refractivity contribution in [3.63, 3.8) is 0 Å². The van der Waals surface area contributed by atoms with E-state index in [0.717, 1.165) is 43.7 Å². The van der Waals surface area contributed by atoms with Crippen LogP contribution in [0, 0.1) is 0 Å². The van der Waals surface area contributed by atoms with Gasteiger partial charge in [0.15, 0.2) is 0 Å². The highest BCUT2D eigenvalue weighted by Gasteiger charge is 2.18. The fraction of sp³-hybridized carbons (Fsp3) is 0.600. The van der Waals surface area contributed by atoms with Gasteiger partial charge in [0, 0.05) is 23.7 Å². The fourth-order valence-corrected chi connectivity index (χ4v) is 2.85. The molecule has 1 atom stereocenters. The van der Waals surface area contributed by atoms with Crippen molar-refractivity contribution in [2.24, 2.45) is 0 Å². The van der Waals surface area contributed by atoms with Crippen LogP contribution in [-0.2, 0) is 11.3 Å². The lowest BCUT2D eigenvalue weighted by Crippen LogP contribution is -2.19. The molecule has 3 nitrogen and oxygen atoms in total. The molecule has 20 heavy (non-hydrogen) atoms. The Morgan fingerprint density at radius 2 is 2.25 bits per heavy atom. The van der Waals surface area contributed by atoms with Crippen molar-refractivity contribution < 1.29 is 9.47 Å². The Labute approximate surface area is 130 Å². The lowest BCUT2D eigenvalue weighted by atomic mass is 10.2. The van der Waals surface area contributed by atoms with E-state index in [-0.39, 0.29) is 6.10 Å². The van der Waals surface area contributed by atoms with Gasteiger partial charge in [0.2, 0.25) is 0 Å². The molecule has 1 fully saturated rings. The summed E-state index contributed by atoms with van der Waals surface area (Å²) < 4.78 is 11.4. The average Bonchev–Trinajstić information content (AvgIpc) is 2.91. The Bertz CT molecular complexity index is 434. The summed E-state index contributed by atoms with van der Waals surface area (Å²) in [5.74, 6) is 0.718. The minimum absolute atomic E-state index is 0.179. The van der Waals surface area contributed by atoms with Crippen molar-refractivity contribution in [1.82, 2.24) is 5.32 Å².